The summed E-state index contributed by atoms with van der Waals surface area (Å²) in [7, 11) is 0. The minimum absolute atomic E-state index is 0.0108. The number of nitrogens with zero attached hydrogens (tertiary/aromatic N) is 7. The van der Waals surface area contributed by atoms with E-state index >= 15 is 8.78 Å². The molecule has 4 heterocycles. The molecule has 2 aromatic carbocycles. The highest BCUT2D eigenvalue weighted by Crippen LogP contribution is 2.47. The molecule has 0 radical (unpaired) electrons. The second-order valence-corrected chi connectivity index (χ2v) is 15.3. The lowest BCUT2D eigenvalue weighted by Gasteiger charge is -2.47. The highest BCUT2D eigenvalue weighted by molar-refractivity contribution is 6.04. The lowest BCUT2D eigenvalue weighted by molar-refractivity contribution is -0.137. The zero-order valence-electron chi connectivity index (χ0n) is 33.1. The fraction of sp³-hybridized carbons (Fsp3) is 0.455. The van der Waals surface area contributed by atoms with Gasteiger partial charge in [0.05, 0.1) is 23.6 Å². The van der Waals surface area contributed by atoms with Gasteiger partial charge in [0.2, 0.25) is 5.91 Å². The predicted octanol–water partition coefficient (Wildman–Crippen LogP) is 6.59. The molecule has 2 unspecified atom stereocenters. The number of anilines is 1. The molecule has 3 aliphatic rings. The first kappa shape index (κ1) is 42.5. The number of fused-ring (bicyclic) bond motifs is 2. The van der Waals surface area contributed by atoms with E-state index in [1.165, 1.54) is 24.3 Å². The Hall–Kier alpha value is -6.11. The molecule has 2 N–H and O–H groups in total. The quantitative estimate of drug-likeness (QED) is 0.124. The molecule has 59 heavy (non-hydrogen) atoms. The van der Waals surface area contributed by atoms with Crippen molar-refractivity contribution in [1.82, 2.24) is 24.8 Å². The number of likely N-dealkylation sites (tertiary alicyclic amines) is 1. The molecule has 1 saturated carbocycles. The number of phenolic OH excluding ortho intramolecular Hbond substituents is 1. The van der Waals surface area contributed by atoms with Gasteiger partial charge in [0, 0.05) is 74.0 Å². The topological polar surface area (TPSA) is 156 Å². The molecular weight excluding hydrogens is 764 g/mol. The van der Waals surface area contributed by atoms with Crippen molar-refractivity contribution < 1.29 is 37.7 Å². The lowest BCUT2D eigenvalue weighted by Crippen LogP contribution is -2.60. The van der Waals surface area contributed by atoms with E-state index in [9.17, 15) is 19.6 Å². The van der Waals surface area contributed by atoms with E-state index < -0.39 is 17.8 Å². The van der Waals surface area contributed by atoms with Crippen LogP contribution in [0.15, 0.2) is 24.3 Å². The number of rotatable bonds is 11. The number of aromatic hydroxyl groups is 1. The zero-order valence-corrected chi connectivity index (χ0v) is 33.1. The number of amides is 1. The minimum atomic E-state index is -0.897. The van der Waals surface area contributed by atoms with Crippen molar-refractivity contribution in [3.8, 4) is 53.8 Å². The third-order valence-corrected chi connectivity index (χ3v) is 11.5. The number of nitriles is 1. The summed E-state index contributed by atoms with van der Waals surface area (Å²) in [5, 5.41) is 27.5. The second-order valence-electron chi connectivity index (χ2n) is 15.3. The summed E-state index contributed by atoms with van der Waals surface area (Å²) in [5.74, 6) is 3.33. The van der Waals surface area contributed by atoms with E-state index in [1.807, 2.05) is 23.6 Å². The molecule has 1 amide bonds. The third-order valence-electron chi connectivity index (χ3n) is 11.5. The van der Waals surface area contributed by atoms with Gasteiger partial charge in [-0.1, -0.05) is 25.8 Å². The smallest absolute Gasteiger partial charge is 0.319 e. The van der Waals surface area contributed by atoms with Crippen LogP contribution in [0.1, 0.15) is 76.5 Å². The normalized spacial score (nSPS) is 18.9. The van der Waals surface area contributed by atoms with Crippen LogP contribution in [0.25, 0.3) is 32.9 Å². The number of hydrogen-bond donors (Lipinski definition) is 2. The van der Waals surface area contributed by atoms with Crippen molar-refractivity contribution in [3.05, 3.63) is 47.2 Å². The van der Waals surface area contributed by atoms with E-state index in [4.69, 9.17) is 32.5 Å². The zero-order chi connectivity index (χ0) is 42.4. The number of alkyl halides is 1. The van der Waals surface area contributed by atoms with Gasteiger partial charge in [0.25, 0.3) is 6.47 Å². The van der Waals surface area contributed by atoms with E-state index in [-0.39, 0.29) is 99.9 Å². The van der Waals surface area contributed by atoms with Crippen LogP contribution in [-0.4, -0.2) is 105 Å². The number of ether oxygens (including phenoxy) is 1. The van der Waals surface area contributed by atoms with Gasteiger partial charge in [-0.3, -0.25) is 9.59 Å². The Labute approximate surface area is 341 Å². The Bertz CT molecular complexity index is 2350. The Morgan fingerprint density at radius 2 is 1.73 bits per heavy atom. The number of halogens is 3. The number of piperidine rings is 1. The molecule has 2 aliphatic heterocycles. The van der Waals surface area contributed by atoms with Crippen molar-refractivity contribution in [3.63, 3.8) is 0 Å². The lowest BCUT2D eigenvalue weighted by atomic mass is 9.95. The number of hydrogen-bond acceptors (Lipinski definition) is 10. The molecule has 2 atom stereocenters. The third kappa shape index (κ3) is 8.84. The van der Waals surface area contributed by atoms with Crippen LogP contribution in [0.2, 0.25) is 0 Å². The highest BCUT2D eigenvalue weighted by atomic mass is 19.1. The van der Waals surface area contributed by atoms with Crippen LogP contribution in [0.4, 0.5) is 19.0 Å². The molecule has 0 bridgehead atoms. The molecule has 3 fully saturated rings. The molecule has 1 aliphatic carbocycles. The van der Waals surface area contributed by atoms with Gasteiger partial charge in [-0.2, -0.15) is 15.2 Å². The van der Waals surface area contributed by atoms with Gasteiger partial charge < -0.3 is 29.6 Å². The standard InChI is InChI=1S/C43H44F3N7O3.CH2O2/c1-5-28-22-52(23-29(6-2)53(28)35(55)10-9-17-47)41-37-34(8-4)48-39(32-21-30(54)20-26-11-12-33(45)31(7-3)36(26)32)38(46)40(37)49-42(50-41)56-25-43(15-16-43)24-51-18-13-27(44)14-19-51;2-1-3/h3-4,11-12,20-21,27-29,54H,5-6,9-10,13-16,18-19,22-25H2,1-2H3;1H,(H,2,3). The van der Waals surface area contributed by atoms with Crippen molar-refractivity contribution >= 4 is 39.9 Å². The van der Waals surface area contributed by atoms with Gasteiger partial charge in [-0.05, 0) is 68.0 Å². The average Bonchev–Trinajstić information content (AvgIpc) is 4.01. The van der Waals surface area contributed by atoms with E-state index in [2.05, 4.69) is 32.8 Å². The maximum absolute atomic E-state index is 17.4. The molecule has 0 spiro atoms. The van der Waals surface area contributed by atoms with Crippen LogP contribution < -0.4 is 9.64 Å². The Morgan fingerprint density at radius 3 is 2.32 bits per heavy atom. The Morgan fingerprint density at radius 1 is 1.05 bits per heavy atom. The number of terminal acetylenes is 2. The van der Waals surface area contributed by atoms with E-state index in [0.717, 1.165) is 19.4 Å². The summed E-state index contributed by atoms with van der Waals surface area (Å²) in [4.78, 5) is 42.0. The number of phenols is 1. The van der Waals surface area contributed by atoms with Crippen LogP contribution in [0.5, 0.6) is 11.8 Å². The summed E-state index contributed by atoms with van der Waals surface area (Å²) in [6, 6.07) is 6.77. The van der Waals surface area contributed by atoms with Crippen LogP contribution in [0.3, 0.4) is 0 Å². The van der Waals surface area contributed by atoms with Crippen molar-refractivity contribution in [1.29, 1.82) is 5.26 Å². The van der Waals surface area contributed by atoms with Crippen molar-refractivity contribution in [2.24, 2.45) is 5.41 Å². The number of carbonyl (C=O) groups is 2. The van der Waals surface area contributed by atoms with E-state index in [1.54, 1.807) is 0 Å². The number of pyridine rings is 1. The van der Waals surface area contributed by atoms with Gasteiger partial charge in [-0.15, -0.1) is 12.8 Å². The summed E-state index contributed by atoms with van der Waals surface area (Å²) in [6.07, 6.45) is 15.3. The molecule has 12 nitrogen and oxygen atoms in total. The fourth-order valence-electron chi connectivity index (χ4n) is 8.32. The van der Waals surface area contributed by atoms with Gasteiger partial charge in [-0.25, -0.2) is 18.2 Å². The summed E-state index contributed by atoms with van der Waals surface area (Å²) >= 11 is 0. The summed E-state index contributed by atoms with van der Waals surface area (Å²) < 4.78 is 52.7. The number of carboxylic acid groups (broad SMARTS) is 1. The molecule has 4 aromatic rings. The average molecular weight is 810 g/mol. The number of piperazine rings is 1. The van der Waals surface area contributed by atoms with Crippen LogP contribution in [-0.2, 0) is 9.59 Å². The maximum Gasteiger partial charge on any atom is 0.319 e. The first-order valence-corrected chi connectivity index (χ1v) is 19.7. The number of carbonyl (C=O) groups excluding carboxylic acids is 1. The Balaban J connectivity index is 0.00000189. The second kappa shape index (κ2) is 18.2. The fourth-order valence-corrected chi connectivity index (χ4v) is 8.32. The largest absolute Gasteiger partial charge is 0.508 e. The minimum Gasteiger partial charge on any atom is -0.508 e. The molecule has 2 saturated heterocycles. The predicted molar refractivity (Wildman–Crippen MR) is 216 cm³/mol. The van der Waals surface area contributed by atoms with Gasteiger partial charge in [0.15, 0.2) is 5.82 Å². The van der Waals surface area contributed by atoms with Crippen LogP contribution in [0, 0.1) is 53.1 Å². The van der Waals surface area contributed by atoms with Crippen LogP contribution >= 0.6 is 0 Å². The monoisotopic (exact) mass is 809 g/mol. The molecule has 15 heteroatoms. The SMILES string of the molecule is C#Cc1c(F)ccc2cc(O)cc(-c3nc(C#C)c4c(N5CC(CC)N(C(=O)CCC#N)C(CC)C5)nc(OCC5(CN6CCC(F)CC6)CC5)nc4c3F)c12.O=CO. The maximum atomic E-state index is 17.4. The number of aromatic nitrogens is 3. The highest BCUT2D eigenvalue weighted by Gasteiger charge is 2.46. The summed E-state index contributed by atoms with van der Waals surface area (Å²) in [5.41, 5.74) is -0.735. The van der Waals surface area contributed by atoms with Gasteiger partial charge >= 0.3 is 6.01 Å². The first-order chi connectivity index (χ1) is 28.4. The van der Waals surface area contributed by atoms with Crippen molar-refractivity contribution in [2.75, 3.05) is 44.2 Å². The number of benzene rings is 2. The first-order valence-electron chi connectivity index (χ1n) is 19.7. The molecular formula is C44H46F3N7O5. The Kier molecular flexibility index (Phi) is 13.1. The molecule has 308 valence electrons. The molecule has 2 aromatic heterocycles. The van der Waals surface area contributed by atoms with Crippen molar-refractivity contribution in [2.45, 2.75) is 83.5 Å². The van der Waals surface area contributed by atoms with E-state index in [0.29, 0.717) is 63.1 Å². The molecule has 7 rings (SSSR count). The van der Waals surface area contributed by atoms with Gasteiger partial charge in [0.1, 0.15) is 40.5 Å². The summed E-state index contributed by atoms with van der Waals surface area (Å²) in [6.45, 7) is 6.72.